The number of imidazole rings is 1. The highest BCUT2D eigenvalue weighted by atomic mass is 19.1. The Morgan fingerprint density at radius 3 is 2.90 bits per heavy atom. The third-order valence-corrected chi connectivity index (χ3v) is 5.13. The number of rotatable bonds is 5. The highest BCUT2D eigenvalue weighted by Crippen LogP contribution is 2.27. The van der Waals surface area contributed by atoms with Gasteiger partial charge in [0, 0.05) is 36.9 Å². The van der Waals surface area contributed by atoms with Crippen molar-refractivity contribution >= 4 is 28.5 Å². The molecule has 0 saturated heterocycles. The van der Waals surface area contributed by atoms with Crippen molar-refractivity contribution in [2.45, 2.75) is 13.5 Å². The van der Waals surface area contributed by atoms with Crippen molar-refractivity contribution in [1.82, 2.24) is 24.1 Å². The minimum atomic E-state index is -0.656. The van der Waals surface area contributed by atoms with E-state index in [1.165, 1.54) is 18.5 Å². The lowest BCUT2D eigenvalue weighted by atomic mass is 10.1. The van der Waals surface area contributed by atoms with Gasteiger partial charge in [0.25, 0.3) is 5.91 Å². The number of nitrogens with two attached hydrogens (primary N) is 1. The molecule has 0 saturated carbocycles. The molecule has 156 valence electrons. The van der Waals surface area contributed by atoms with Gasteiger partial charge in [0.05, 0.1) is 23.2 Å². The second kappa shape index (κ2) is 6.94. The van der Waals surface area contributed by atoms with E-state index in [0.717, 1.165) is 11.4 Å². The zero-order valence-corrected chi connectivity index (χ0v) is 16.8. The molecule has 0 aliphatic carbocycles. The summed E-state index contributed by atoms with van der Waals surface area (Å²) < 4.78 is 23.2. The molecule has 0 atom stereocenters. The minimum Gasteiger partial charge on any atom is -0.464 e. The summed E-state index contributed by atoms with van der Waals surface area (Å²) >= 11 is 0. The number of aromatic nitrogens is 5. The summed E-state index contributed by atoms with van der Waals surface area (Å²) in [5.41, 5.74) is 9.38. The molecule has 4 heterocycles. The van der Waals surface area contributed by atoms with Gasteiger partial charge in [0.1, 0.15) is 17.1 Å². The number of fused-ring (bicyclic) bond motifs is 2. The van der Waals surface area contributed by atoms with Gasteiger partial charge in [0.15, 0.2) is 5.65 Å². The Labute approximate surface area is 175 Å². The van der Waals surface area contributed by atoms with Crippen LogP contribution in [0.1, 0.15) is 21.7 Å². The average molecular weight is 419 g/mol. The van der Waals surface area contributed by atoms with E-state index in [1.807, 2.05) is 20.0 Å². The van der Waals surface area contributed by atoms with Gasteiger partial charge in [-0.05, 0) is 31.2 Å². The Bertz CT molecular complexity index is 1460. The maximum absolute atomic E-state index is 14.5. The second-order valence-corrected chi connectivity index (χ2v) is 7.19. The molecule has 0 fully saturated rings. The molecule has 4 aromatic heterocycles. The van der Waals surface area contributed by atoms with E-state index < -0.39 is 5.91 Å². The number of amides is 1. The molecule has 0 bridgehead atoms. The Morgan fingerprint density at radius 1 is 1.32 bits per heavy atom. The number of hydrogen-bond donors (Lipinski definition) is 2. The third-order valence-electron chi connectivity index (χ3n) is 5.13. The quantitative estimate of drug-likeness (QED) is 0.452. The topological polar surface area (TPSA) is 116 Å². The van der Waals surface area contributed by atoms with E-state index >= 15 is 0 Å². The van der Waals surface area contributed by atoms with Gasteiger partial charge < -0.3 is 15.5 Å². The number of benzene rings is 1. The van der Waals surface area contributed by atoms with Gasteiger partial charge in [-0.1, -0.05) is 0 Å². The normalized spacial score (nSPS) is 11.5. The molecule has 31 heavy (non-hydrogen) atoms. The Kier molecular flexibility index (Phi) is 4.21. The number of halogens is 1. The first-order chi connectivity index (χ1) is 14.9. The number of carbonyl (C=O) groups is 1. The van der Waals surface area contributed by atoms with Crippen LogP contribution in [0, 0.1) is 12.7 Å². The van der Waals surface area contributed by atoms with Crippen molar-refractivity contribution in [3.63, 3.8) is 0 Å². The molecule has 0 unspecified atom stereocenters. The van der Waals surface area contributed by atoms with Gasteiger partial charge >= 0.3 is 0 Å². The van der Waals surface area contributed by atoms with Crippen LogP contribution >= 0.6 is 0 Å². The van der Waals surface area contributed by atoms with Gasteiger partial charge in [-0.15, -0.1) is 0 Å². The summed E-state index contributed by atoms with van der Waals surface area (Å²) in [4.78, 5) is 20.7. The van der Waals surface area contributed by atoms with Crippen LogP contribution in [0.2, 0.25) is 0 Å². The molecule has 0 spiro atoms. The Balaban J connectivity index is 1.60. The largest absolute Gasteiger partial charge is 0.464 e. The van der Waals surface area contributed by atoms with Gasteiger partial charge in [0.2, 0.25) is 5.95 Å². The predicted octanol–water partition coefficient (Wildman–Crippen LogP) is 3.03. The van der Waals surface area contributed by atoms with E-state index in [4.69, 9.17) is 10.2 Å². The number of carbonyl (C=O) groups excluding carboxylic acids is 1. The molecule has 0 aliphatic heterocycles. The fourth-order valence-electron chi connectivity index (χ4n) is 3.69. The molecule has 1 amide bonds. The van der Waals surface area contributed by atoms with E-state index in [1.54, 1.807) is 27.4 Å². The molecule has 9 nitrogen and oxygen atoms in total. The SMILES string of the molecule is Cc1cc(-c2cnc(NCc3c(F)ccc4occc34)n3cc(C(N)=O)nc23)n(C)n1. The number of nitrogens with one attached hydrogen (secondary N) is 1. The number of nitrogens with zero attached hydrogens (tertiary/aromatic N) is 5. The summed E-state index contributed by atoms with van der Waals surface area (Å²) in [6.45, 7) is 2.04. The summed E-state index contributed by atoms with van der Waals surface area (Å²) in [5, 5.41) is 8.17. The fraction of sp³-hybridized carbons (Fsp3) is 0.143. The van der Waals surface area contributed by atoms with Crippen molar-refractivity contribution in [2.75, 3.05) is 5.32 Å². The first-order valence-corrected chi connectivity index (χ1v) is 9.49. The van der Waals surface area contributed by atoms with Crippen LogP contribution in [-0.4, -0.2) is 30.1 Å². The zero-order valence-electron chi connectivity index (χ0n) is 16.8. The maximum Gasteiger partial charge on any atom is 0.268 e. The molecule has 3 N–H and O–H groups in total. The Hall–Kier alpha value is -4.21. The number of aryl methyl sites for hydroxylation is 2. The summed E-state index contributed by atoms with van der Waals surface area (Å²) in [6.07, 6.45) is 4.67. The molecule has 0 aliphatic rings. The number of primary amides is 1. The van der Waals surface area contributed by atoms with Gasteiger partial charge in [-0.2, -0.15) is 5.10 Å². The van der Waals surface area contributed by atoms with Crippen LogP contribution in [0.5, 0.6) is 0 Å². The lowest BCUT2D eigenvalue weighted by molar-refractivity contribution is 0.0996. The van der Waals surface area contributed by atoms with Crippen molar-refractivity contribution in [1.29, 1.82) is 0 Å². The third kappa shape index (κ3) is 3.08. The van der Waals surface area contributed by atoms with Crippen LogP contribution in [0.3, 0.4) is 0 Å². The van der Waals surface area contributed by atoms with Crippen molar-refractivity contribution in [2.24, 2.45) is 12.8 Å². The lowest BCUT2D eigenvalue weighted by Crippen LogP contribution is -2.11. The smallest absolute Gasteiger partial charge is 0.268 e. The van der Waals surface area contributed by atoms with Crippen LogP contribution in [0.25, 0.3) is 27.9 Å². The van der Waals surface area contributed by atoms with Crippen molar-refractivity contribution in [3.05, 3.63) is 65.7 Å². The highest BCUT2D eigenvalue weighted by molar-refractivity contribution is 5.92. The summed E-state index contributed by atoms with van der Waals surface area (Å²) in [5.74, 6) is -0.628. The van der Waals surface area contributed by atoms with Gasteiger partial charge in [-0.25, -0.2) is 14.4 Å². The van der Waals surface area contributed by atoms with Crippen LogP contribution in [-0.2, 0) is 13.6 Å². The monoisotopic (exact) mass is 419 g/mol. The molecule has 0 radical (unpaired) electrons. The molecular weight excluding hydrogens is 401 g/mol. The molecule has 5 rings (SSSR count). The molecule has 1 aromatic carbocycles. The minimum absolute atomic E-state index is 0.0966. The fourth-order valence-corrected chi connectivity index (χ4v) is 3.69. The molecule has 5 aromatic rings. The van der Waals surface area contributed by atoms with E-state index in [9.17, 15) is 9.18 Å². The Morgan fingerprint density at radius 2 is 2.16 bits per heavy atom. The summed E-state index contributed by atoms with van der Waals surface area (Å²) in [6, 6.07) is 6.57. The standard InChI is InChI=1S/C21H18FN7O2/c1-11-7-17(28(2)27-11)14-9-25-21(29-10-16(19(23)30)26-20(14)29)24-8-13-12-5-6-31-18(12)4-3-15(13)22/h3-7,9-10H,8H2,1-2H3,(H2,23,30)(H,24,25). The number of furan rings is 1. The van der Waals surface area contributed by atoms with E-state index in [0.29, 0.717) is 33.7 Å². The zero-order chi connectivity index (χ0) is 21.7. The van der Waals surface area contributed by atoms with Crippen LogP contribution in [0.4, 0.5) is 10.3 Å². The first kappa shape index (κ1) is 18.8. The van der Waals surface area contributed by atoms with E-state index in [-0.39, 0.29) is 18.1 Å². The maximum atomic E-state index is 14.5. The van der Waals surface area contributed by atoms with Crippen LogP contribution in [0.15, 0.2) is 47.3 Å². The van der Waals surface area contributed by atoms with Crippen LogP contribution < -0.4 is 11.1 Å². The predicted molar refractivity (Wildman–Crippen MR) is 112 cm³/mol. The molecular formula is C21H18FN7O2. The van der Waals surface area contributed by atoms with E-state index in [2.05, 4.69) is 20.4 Å². The van der Waals surface area contributed by atoms with Crippen molar-refractivity contribution in [3.8, 4) is 11.3 Å². The number of anilines is 1. The van der Waals surface area contributed by atoms with Gasteiger partial charge in [-0.3, -0.25) is 13.9 Å². The molecule has 10 heteroatoms. The highest BCUT2D eigenvalue weighted by Gasteiger charge is 2.18. The summed E-state index contributed by atoms with van der Waals surface area (Å²) in [7, 11) is 1.82. The second-order valence-electron chi connectivity index (χ2n) is 7.19. The lowest BCUT2D eigenvalue weighted by Gasteiger charge is -2.11. The average Bonchev–Trinajstić information content (AvgIpc) is 3.45. The first-order valence-electron chi connectivity index (χ1n) is 9.49. The van der Waals surface area contributed by atoms with Crippen molar-refractivity contribution < 1.29 is 13.6 Å². The number of hydrogen-bond acceptors (Lipinski definition) is 6.